The maximum absolute atomic E-state index is 12.1. The van der Waals surface area contributed by atoms with Crippen LogP contribution in [0, 0.1) is 22.7 Å². The lowest BCUT2D eigenvalue weighted by atomic mass is 10.1. The van der Waals surface area contributed by atoms with Crippen LogP contribution in [0.15, 0.2) is 30.0 Å². The van der Waals surface area contributed by atoms with Crippen LogP contribution in [0.5, 0.6) is 0 Å². The molecule has 0 saturated heterocycles. The molecule has 0 atom stereocenters. The van der Waals surface area contributed by atoms with Crippen molar-refractivity contribution < 1.29 is 9.59 Å². The Bertz CT molecular complexity index is 882. The highest BCUT2D eigenvalue weighted by Gasteiger charge is 2.22. The van der Waals surface area contributed by atoms with Crippen molar-refractivity contribution >= 4 is 35.2 Å². The second-order valence-corrected chi connectivity index (χ2v) is 6.99. The Hall–Kier alpha value is -3.67. The second-order valence-electron chi connectivity index (χ2n) is 6.99. The van der Waals surface area contributed by atoms with Crippen molar-refractivity contribution in [3.05, 3.63) is 35.6 Å². The van der Waals surface area contributed by atoms with Crippen LogP contribution in [0.4, 0.5) is 17.2 Å². The summed E-state index contributed by atoms with van der Waals surface area (Å²) in [6.45, 7) is 6.66. The number of rotatable bonds is 5. The summed E-state index contributed by atoms with van der Waals surface area (Å²) in [6, 6.07) is 2.11. The average molecular weight is 412 g/mol. The second kappa shape index (κ2) is 12.0. The summed E-state index contributed by atoms with van der Waals surface area (Å²) in [7, 11) is 0. The van der Waals surface area contributed by atoms with Crippen molar-refractivity contribution in [2.45, 2.75) is 33.6 Å². The number of nitrogens with two attached hydrogens (primary N) is 2. The van der Waals surface area contributed by atoms with E-state index in [1.54, 1.807) is 6.92 Å². The first kappa shape index (κ1) is 24.4. The molecular formula is C21H29N7O2. The molecule has 1 aromatic rings. The van der Waals surface area contributed by atoms with Crippen molar-refractivity contribution in [2.75, 3.05) is 29.9 Å². The van der Waals surface area contributed by atoms with Gasteiger partial charge in [0, 0.05) is 24.9 Å². The third-order valence-electron chi connectivity index (χ3n) is 4.19. The average Bonchev–Trinajstić information content (AvgIpc) is 2.74. The van der Waals surface area contributed by atoms with Crippen LogP contribution >= 0.6 is 0 Å². The first-order valence-corrected chi connectivity index (χ1v) is 9.65. The van der Waals surface area contributed by atoms with Gasteiger partial charge in [-0.1, -0.05) is 26.0 Å². The lowest BCUT2D eigenvalue weighted by Crippen LogP contribution is -2.41. The van der Waals surface area contributed by atoms with Crippen LogP contribution in [0.1, 0.15) is 39.2 Å². The molecule has 1 aliphatic rings. The number of anilines is 3. The van der Waals surface area contributed by atoms with Crippen molar-refractivity contribution in [1.82, 2.24) is 9.88 Å². The molecule has 2 rings (SSSR count). The number of aromatic nitrogens is 1. The van der Waals surface area contributed by atoms with E-state index in [1.165, 1.54) is 11.1 Å². The van der Waals surface area contributed by atoms with E-state index in [0.717, 1.165) is 24.6 Å². The number of hydrogen-bond donors (Lipinski definition) is 4. The highest BCUT2D eigenvalue weighted by Crippen LogP contribution is 2.24. The molecule has 0 fully saturated rings. The van der Waals surface area contributed by atoms with Gasteiger partial charge in [0.15, 0.2) is 0 Å². The number of nitrogens with zero attached hydrogens (tertiary/aromatic N) is 3. The number of pyridine rings is 1. The summed E-state index contributed by atoms with van der Waals surface area (Å²) >= 11 is 0. The SMILES string of the molecule is CCN(CC(C)C)C(=O)C(=O)Nc1cnc(N)c(C=N)c1N.N#CC1=CC=CCC1. The summed E-state index contributed by atoms with van der Waals surface area (Å²) in [5.74, 6) is -1.09. The molecule has 0 aliphatic heterocycles. The van der Waals surface area contributed by atoms with Gasteiger partial charge in [0.2, 0.25) is 0 Å². The first-order chi connectivity index (χ1) is 14.2. The van der Waals surface area contributed by atoms with Crippen molar-refractivity contribution in [3.8, 4) is 6.07 Å². The zero-order valence-corrected chi connectivity index (χ0v) is 17.6. The Morgan fingerprint density at radius 2 is 2.13 bits per heavy atom. The summed E-state index contributed by atoms with van der Waals surface area (Å²) in [6.07, 6.45) is 10.0. The fraction of sp³-hybridized carbons (Fsp3) is 0.381. The zero-order valence-electron chi connectivity index (χ0n) is 17.6. The van der Waals surface area contributed by atoms with E-state index >= 15 is 0 Å². The fourth-order valence-corrected chi connectivity index (χ4v) is 2.62. The lowest BCUT2D eigenvalue weighted by Gasteiger charge is -2.22. The van der Waals surface area contributed by atoms with Crippen LogP contribution in [-0.2, 0) is 9.59 Å². The predicted octanol–water partition coefficient (Wildman–Crippen LogP) is 2.47. The van der Waals surface area contributed by atoms with Crippen molar-refractivity contribution in [3.63, 3.8) is 0 Å². The molecule has 1 aromatic heterocycles. The van der Waals surface area contributed by atoms with E-state index in [2.05, 4.69) is 22.4 Å². The molecule has 30 heavy (non-hydrogen) atoms. The van der Waals surface area contributed by atoms with E-state index < -0.39 is 11.8 Å². The normalized spacial score (nSPS) is 12.2. The molecule has 9 heteroatoms. The number of nitriles is 1. The van der Waals surface area contributed by atoms with Gasteiger partial charge in [-0.15, -0.1) is 0 Å². The Morgan fingerprint density at radius 1 is 1.43 bits per heavy atom. The number of likely N-dealkylation sites (N-methyl/N-ethyl adjacent to an activating group) is 1. The third-order valence-corrected chi connectivity index (χ3v) is 4.19. The van der Waals surface area contributed by atoms with E-state index in [9.17, 15) is 9.59 Å². The van der Waals surface area contributed by atoms with Crippen LogP contribution in [-0.4, -0.2) is 41.0 Å². The predicted molar refractivity (Wildman–Crippen MR) is 119 cm³/mol. The van der Waals surface area contributed by atoms with Crippen LogP contribution < -0.4 is 16.8 Å². The minimum Gasteiger partial charge on any atom is -0.396 e. The number of hydrogen-bond acceptors (Lipinski definition) is 7. The fourth-order valence-electron chi connectivity index (χ4n) is 2.62. The van der Waals surface area contributed by atoms with Crippen molar-refractivity contribution in [2.24, 2.45) is 5.92 Å². The summed E-state index contributed by atoms with van der Waals surface area (Å²) in [5.41, 5.74) is 12.8. The number of carbonyl (C=O) groups excluding carboxylic acids is 2. The van der Waals surface area contributed by atoms with Gasteiger partial charge < -0.3 is 27.1 Å². The molecule has 2 amide bonds. The Kier molecular flexibility index (Phi) is 9.76. The molecule has 1 heterocycles. The summed E-state index contributed by atoms with van der Waals surface area (Å²) in [4.78, 5) is 29.5. The quantitative estimate of drug-likeness (QED) is 0.429. The van der Waals surface area contributed by atoms with E-state index in [0.29, 0.717) is 13.1 Å². The third kappa shape index (κ3) is 7.05. The lowest BCUT2D eigenvalue weighted by molar-refractivity contribution is -0.143. The topological polar surface area (TPSA) is 162 Å². The Morgan fingerprint density at radius 3 is 2.60 bits per heavy atom. The Balaban J connectivity index is 0.000000467. The monoisotopic (exact) mass is 411 g/mol. The summed E-state index contributed by atoms with van der Waals surface area (Å²) in [5, 5.41) is 18.0. The molecule has 0 unspecified atom stereocenters. The molecule has 0 radical (unpaired) electrons. The van der Waals surface area contributed by atoms with E-state index in [-0.39, 0.29) is 28.7 Å². The van der Waals surface area contributed by atoms with Gasteiger partial charge in [-0.05, 0) is 31.8 Å². The van der Waals surface area contributed by atoms with Crippen LogP contribution in [0.25, 0.3) is 0 Å². The molecule has 0 spiro atoms. The van der Waals surface area contributed by atoms with Gasteiger partial charge in [-0.25, -0.2) is 4.98 Å². The Labute approximate surface area is 177 Å². The molecule has 0 aromatic carbocycles. The molecular weight excluding hydrogens is 382 g/mol. The molecule has 9 nitrogen and oxygen atoms in total. The van der Waals surface area contributed by atoms with Gasteiger partial charge in [0.1, 0.15) is 5.82 Å². The molecule has 6 N–H and O–H groups in total. The maximum atomic E-state index is 12.1. The highest BCUT2D eigenvalue weighted by molar-refractivity contribution is 6.39. The number of carbonyl (C=O) groups is 2. The molecule has 0 bridgehead atoms. The summed E-state index contributed by atoms with van der Waals surface area (Å²) < 4.78 is 0. The number of nitrogens with one attached hydrogen (secondary N) is 2. The highest BCUT2D eigenvalue weighted by atomic mass is 16.2. The minimum atomic E-state index is -0.795. The first-order valence-electron chi connectivity index (χ1n) is 9.65. The van der Waals surface area contributed by atoms with Gasteiger partial charge in [0.25, 0.3) is 0 Å². The number of allylic oxidation sites excluding steroid dienone is 4. The standard InChI is InChI=1S/C14H22N6O2.C7H7N/c1-4-20(7-8(2)3)14(22)13(21)19-10-6-18-12(17)9(5-15)11(10)16;8-6-7-4-2-1-3-5-7/h5-6,8,15H,4,7H2,1-3H3,(H,19,21)(H4,16,17,18);1-2,4H,3,5H2. The van der Waals surface area contributed by atoms with E-state index in [1.807, 2.05) is 26.0 Å². The van der Waals surface area contributed by atoms with Gasteiger partial charge in [0.05, 0.1) is 29.2 Å². The minimum absolute atomic E-state index is 0.0896. The van der Waals surface area contributed by atoms with Gasteiger partial charge in [-0.2, -0.15) is 5.26 Å². The molecule has 0 saturated carbocycles. The molecule has 160 valence electrons. The largest absolute Gasteiger partial charge is 0.396 e. The van der Waals surface area contributed by atoms with Gasteiger partial charge >= 0.3 is 11.8 Å². The van der Waals surface area contributed by atoms with Crippen LogP contribution in [0.2, 0.25) is 0 Å². The van der Waals surface area contributed by atoms with Crippen LogP contribution in [0.3, 0.4) is 0 Å². The maximum Gasteiger partial charge on any atom is 0.314 e. The van der Waals surface area contributed by atoms with Crippen molar-refractivity contribution in [1.29, 1.82) is 10.7 Å². The number of amides is 2. The number of nitrogen functional groups attached to an aromatic ring is 2. The smallest absolute Gasteiger partial charge is 0.314 e. The van der Waals surface area contributed by atoms with E-state index in [4.69, 9.17) is 22.1 Å². The van der Waals surface area contributed by atoms with Gasteiger partial charge in [-0.3, -0.25) is 9.59 Å². The molecule has 1 aliphatic carbocycles. The zero-order chi connectivity index (χ0) is 22.7.